The summed E-state index contributed by atoms with van der Waals surface area (Å²) < 4.78 is 32.0. The SMILES string of the molecule is O=S(=O)(CC1CCCO1)NCC1CCCCC1Br. The molecule has 0 amide bonds. The fourth-order valence-electron chi connectivity index (χ4n) is 2.71. The van der Waals surface area contributed by atoms with Gasteiger partial charge in [-0.25, -0.2) is 13.1 Å². The van der Waals surface area contributed by atoms with Crippen molar-refractivity contribution in [1.29, 1.82) is 0 Å². The molecule has 2 rings (SSSR count). The summed E-state index contributed by atoms with van der Waals surface area (Å²) in [7, 11) is -3.18. The Morgan fingerprint density at radius 2 is 1.94 bits per heavy atom. The monoisotopic (exact) mass is 339 g/mol. The quantitative estimate of drug-likeness (QED) is 0.780. The molecule has 1 N–H and O–H groups in total. The predicted molar refractivity (Wildman–Crippen MR) is 75.4 cm³/mol. The average molecular weight is 340 g/mol. The van der Waals surface area contributed by atoms with Gasteiger partial charge in [-0.2, -0.15) is 0 Å². The second-order valence-electron chi connectivity index (χ2n) is 5.33. The Hall–Kier alpha value is 0.350. The first kappa shape index (κ1) is 14.8. The van der Waals surface area contributed by atoms with Crippen molar-refractivity contribution in [2.75, 3.05) is 18.9 Å². The smallest absolute Gasteiger partial charge is 0.214 e. The molecule has 1 saturated heterocycles. The van der Waals surface area contributed by atoms with Gasteiger partial charge in [-0.1, -0.05) is 28.8 Å². The molecule has 1 aliphatic carbocycles. The largest absolute Gasteiger partial charge is 0.377 e. The second kappa shape index (κ2) is 6.68. The summed E-state index contributed by atoms with van der Waals surface area (Å²) in [6.07, 6.45) is 6.46. The zero-order chi connectivity index (χ0) is 13.0. The average Bonchev–Trinajstić information content (AvgIpc) is 2.80. The number of rotatable bonds is 5. The molecular formula is C12H22BrNO3S. The molecule has 106 valence electrons. The van der Waals surface area contributed by atoms with Crippen LogP contribution in [0.5, 0.6) is 0 Å². The van der Waals surface area contributed by atoms with Crippen molar-refractivity contribution in [3.63, 3.8) is 0 Å². The van der Waals surface area contributed by atoms with Crippen molar-refractivity contribution in [1.82, 2.24) is 4.72 Å². The summed E-state index contributed by atoms with van der Waals surface area (Å²) >= 11 is 3.65. The summed E-state index contributed by atoms with van der Waals surface area (Å²) in [6, 6.07) is 0. The molecule has 6 heteroatoms. The number of hydrogen-bond acceptors (Lipinski definition) is 3. The minimum atomic E-state index is -3.18. The summed E-state index contributed by atoms with van der Waals surface area (Å²) in [5.74, 6) is 0.546. The molecule has 3 atom stereocenters. The lowest BCUT2D eigenvalue weighted by Crippen LogP contribution is -2.38. The lowest BCUT2D eigenvalue weighted by atomic mass is 9.89. The maximum atomic E-state index is 11.9. The van der Waals surface area contributed by atoms with E-state index in [9.17, 15) is 8.42 Å². The molecule has 0 aromatic rings. The molecule has 4 nitrogen and oxygen atoms in total. The second-order valence-corrected chi connectivity index (χ2v) is 8.35. The minimum Gasteiger partial charge on any atom is -0.377 e. The minimum absolute atomic E-state index is 0.103. The first-order valence-electron chi connectivity index (χ1n) is 6.80. The van der Waals surface area contributed by atoms with Gasteiger partial charge in [0, 0.05) is 18.0 Å². The molecule has 1 saturated carbocycles. The summed E-state index contributed by atoms with van der Waals surface area (Å²) in [4.78, 5) is 0.455. The van der Waals surface area contributed by atoms with Crippen molar-refractivity contribution in [2.24, 2.45) is 5.92 Å². The molecule has 0 bridgehead atoms. The van der Waals surface area contributed by atoms with Gasteiger partial charge < -0.3 is 4.74 Å². The number of ether oxygens (including phenoxy) is 1. The van der Waals surface area contributed by atoms with Gasteiger partial charge in [0.25, 0.3) is 0 Å². The summed E-state index contributed by atoms with van der Waals surface area (Å²) in [5.41, 5.74) is 0. The third kappa shape index (κ3) is 4.47. The standard InChI is InChI=1S/C12H22BrNO3S/c13-12-6-2-1-4-10(12)8-14-18(15,16)9-11-5-3-7-17-11/h10-12,14H,1-9H2. The van der Waals surface area contributed by atoms with Gasteiger partial charge in [-0.05, 0) is 31.6 Å². The third-order valence-electron chi connectivity index (χ3n) is 3.81. The van der Waals surface area contributed by atoms with E-state index in [0.29, 0.717) is 23.9 Å². The molecule has 18 heavy (non-hydrogen) atoms. The molecule has 2 fully saturated rings. The van der Waals surface area contributed by atoms with E-state index in [1.54, 1.807) is 0 Å². The Balaban J connectivity index is 1.76. The van der Waals surface area contributed by atoms with Crippen LogP contribution in [0.25, 0.3) is 0 Å². The highest BCUT2D eigenvalue weighted by Gasteiger charge is 2.26. The third-order valence-corrected chi connectivity index (χ3v) is 6.43. The molecule has 0 aromatic heterocycles. The summed E-state index contributed by atoms with van der Waals surface area (Å²) in [5, 5.41) is 0. The lowest BCUT2D eigenvalue weighted by molar-refractivity contribution is 0.127. The molecule has 0 spiro atoms. The topological polar surface area (TPSA) is 55.4 Å². The van der Waals surface area contributed by atoms with E-state index in [-0.39, 0.29) is 11.9 Å². The maximum Gasteiger partial charge on any atom is 0.214 e. The molecule has 2 aliphatic rings. The first-order chi connectivity index (χ1) is 8.57. The molecule has 0 aromatic carbocycles. The molecule has 0 radical (unpaired) electrons. The van der Waals surface area contributed by atoms with Crippen molar-refractivity contribution in [3.05, 3.63) is 0 Å². The van der Waals surface area contributed by atoms with E-state index in [4.69, 9.17) is 4.74 Å². The fraction of sp³-hybridized carbons (Fsp3) is 1.00. The van der Waals surface area contributed by atoms with Crippen molar-refractivity contribution in [2.45, 2.75) is 49.5 Å². The van der Waals surface area contributed by atoms with Gasteiger partial charge >= 0.3 is 0 Å². The van der Waals surface area contributed by atoms with Crippen LogP contribution in [0.3, 0.4) is 0 Å². The number of sulfonamides is 1. The zero-order valence-corrected chi connectivity index (χ0v) is 13.0. The van der Waals surface area contributed by atoms with Crippen LogP contribution in [0.2, 0.25) is 0 Å². The zero-order valence-electron chi connectivity index (χ0n) is 10.6. The van der Waals surface area contributed by atoms with E-state index in [0.717, 1.165) is 25.7 Å². The van der Waals surface area contributed by atoms with E-state index in [1.807, 2.05) is 0 Å². The van der Waals surface area contributed by atoms with Crippen LogP contribution in [0.15, 0.2) is 0 Å². The van der Waals surface area contributed by atoms with Crippen LogP contribution >= 0.6 is 15.9 Å². The number of nitrogens with one attached hydrogen (secondary N) is 1. The Kier molecular flexibility index (Phi) is 5.47. The van der Waals surface area contributed by atoms with Crippen molar-refractivity contribution < 1.29 is 13.2 Å². The summed E-state index contributed by atoms with van der Waals surface area (Å²) in [6.45, 7) is 1.26. The Morgan fingerprint density at radius 1 is 1.17 bits per heavy atom. The van der Waals surface area contributed by atoms with Crippen LogP contribution in [0, 0.1) is 5.92 Å². The van der Waals surface area contributed by atoms with Gasteiger partial charge in [0.15, 0.2) is 0 Å². The van der Waals surface area contributed by atoms with Gasteiger partial charge in [-0.15, -0.1) is 0 Å². The predicted octanol–water partition coefficient (Wildman–Crippen LogP) is 2.04. The van der Waals surface area contributed by atoms with E-state index >= 15 is 0 Å². The highest BCUT2D eigenvalue weighted by atomic mass is 79.9. The number of alkyl halides is 1. The maximum absolute atomic E-state index is 11.9. The van der Waals surface area contributed by atoms with E-state index < -0.39 is 10.0 Å². The molecule has 1 heterocycles. The Labute approximate surface area is 118 Å². The molecule has 1 aliphatic heterocycles. The van der Waals surface area contributed by atoms with Gasteiger partial charge in [-0.3, -0.25) is 0 Å². The van der Waals surface area contributed by atoms with E-state index in [1.165, 1.54) is 12.8 Å². The van der Waals surface area contributed by atoms with Crippen LogP contribution in [0.1, 0.15) is 38.5 Å². The normalized spacial score (nSPS) is 33.7. The number of hydrogen-bond donors (Lipinski definition) is 1. The van der Waals surface area contributed by atoms with Crippen molar-refractivity contribution >= 4 is 26.0 Å². The van der Waals surface area contributed by atoms with Gasteiger partial charge in [0.05, 0.1) is 11.9 Å². The lowest BCUT2D eigenvalue weighted by Gasteiger charge is -2.27. The van der Waals surface area contributed by atoms with Crippen LogP contribution in [-0.2, 0) is 14.8 Å². The molecule has 3 unspecified atom stereocenters. The van der Waals surface area contributed by atoms with E-state index in [2.05, 4.69) is 20.7 Å². The number of halogens is 1. The van der Waals surface area contributed by atoms with Crippen molar-refractivity contribution in [3.8, 4) is 0 Å². The first-order valence-corrected chi connectivity index (χ1v) is 9.36. The molecular weight excluding hydrogens is 318 g/mol. The highest BCUT2D eigenvalue weighted by Crippen LogP contribution is 2.29. The van der Waals surface area contributed by atoms with Gasteiger partial charge in [0.2, 0.25) is 10.0 Å². The fourth-order valence-corrected chi connectivity index (χ4v) is 4.82. The van der Waals surface area contributed by atoms with Crippen LogP contribution < -0.4 is 4.72 Å². The van der Waals surface area contributed by atoms with Crippen LogP contribution in [-0.4, -0.2) is 38.3 Å². The Morgan fingerprint density at radius 3 is 2.61 bits per heavy atom. The highest BCUT2D eigenvalue weighted by molar-refractivity contribution is 9.09. The van der Waals surface area contributed by atoms with Gasteiger partial charge in [0.1, 0.15) is 0 Å². The van der Waals surface area contributed by atoms with Crippen LogP contribution in [0.4, 0.5) is 0 Å². The Bertz CT molecular complexity index is 354.